The summed E-state index contributed by atoms with van der Waals surface area (Å²) in [6.07, 6.45) is -1.88. The van der Waals surface area contributed by atoms with Crippen LogP contribution in [0.15, 0.2) is 54.6 Å². The second-order valence-electron chi connectivity index (χ2n) is 12.8. The molecule has 0 unspecified atom stereocenters. The van der Waals surface area contributed by atoms with E-state index in [2.05, 4.69) is 5.32 Å². The fourth-order valence-electron chi connectivity index (χ4n) is 7.48. The van der Waals surface area contributed by atoms with Gasteiger partial charge in [-0.1, -0.05) is 48.5 Å². The predicted octanol–water partition coefficient (Wildman–Crippen LogP) is 3.65. The molecular weight excluding hydrogens is 586 g/mol. The van der Waals surface area contributed by atoms with Crippen molar-refractivity contribution < 1.29 is 38.1 Å². The highest BCUT2D eigenvalue weighted by Crippen LogP contribution is 2.40. The smallest absolute Gasteiger partial charge is 0.408 e. The first kappa shape index (κ1) is 31.2. The summed E-state index contributed by atoms with van der Waals surface area (Å²) in [5, 5.41) is 24.0. The van der Waals surface area contributed by atoms with Crippen LogP contribution in [-0.2, 0) is 16.1 Å². The first-order valence-corrected chi connectivity index (χ1v) is 15.8. The van der Waals surface area contributed by atoms with Crippen LogP contribution in [0.25, 0.3) is 0 Å². The molecule has 0 aromatic heterocycles. The van der Waals surface area contributed by atoms with E-state index >= 15 is 0 Å². The number of benzene rings is 2. The van der Waals surface area contributed by atoms with Crippen LogP contribution in [0.3, 0.4) is 0 Å². The Bertz CT molecular complexity index is 1390. The van der Waals surface area contributed by atoms with E-state index in [1.807, 2.05) is 29.2 Å². The maximum Gasteiger partial charge on any atom is 0.408 e. The number of carbonyl (C=O) groups is 3. The van der Waals surface area contributed by atoms with Crippen molar-refractivity contribution in [2.24, 2.45) is 5.92 Å². The Morgan fingerprint density at radius 2 is 1.71 bits per heavy atom. The first-order chi connectivity index (χ1) is 21.6. The third-order valence-corrected chi connectivity index (χ3v) is 9.80. The Kier molecular flexibility index (Phi) is 8.96. The molecule has 0 spiro atoms. The molecule has 2 aromatic rings. The third kappa shape index (κ3) is 6.76. The molecule has 5 atom stereocenters. The molecule has 1 saturated carbocycles. The van der Waals surface area contributed by atoms with Gasteiger partial charge in [-0.25, -0.2) is 13.6 Å². The average molecular weight is 627 g/mol. The number of hydrogen-bond donors (Lipinski definition) is 3. The molecule has 3 fully saturated rings. The third-order valence-electron chi connectivity index (χ3n) is 9.80. The van der Waals surface area contributed by atoms with E-state index in [0.717, 1.165) is 10.5 Å². The molecule has 12 heteroatoms. The zero-order valence-corrected chi connectivity index (χ0v) is 25.1. The van der Waals surface area contributed by atoms with Crippen LogP contribution in [0.5, 0.6) is 5.75 Å². The predicted molar refractivity (Wildman–Crippen MR) is 160 cm³/mol. The number of aliphatic hydroxyl groups is 1. The van der Waals surface area contributed by atoms with Crippen LogP contribution >= 0.6 is 0 Å². The number of carbonyl (C=O) groups excluding carboxylic acids is 2. The average Bonchev–Trinajstić information content (AvgIpc) is 3.40. The first-order valence-electron chi connectivity index (χ1n) is 15.8. The van der Waals surface area contributed by atoms with Gasteiger partial charge in [-0.05, 0) is 36.8 Å². The lowest BCUT2D eigenvalue weighted by Crippen LogP contribution is -2.66. The normalized spacial score (nSPS) is 27.0. The lowest BCUT2D eigenvalue weighted by Gasteiger charge is -2.47. The van der Waals surface area contributed by atoms with Gasteiger partial charge in [-0.2, -0.15) is 0 Å². The van der Waals surface area contributed by atoms with Gasteiger partial charge in [-0.15, -0.1) is 0 Å². The topological polar surface area (TPSA) is 123 Å². The van der Waals surface area contributed by atoms with Crippen molar-refractivity contribution >= 4 is 17.9 Å². The van der Waals surface area contributed by atoms with Gasteiger partial charge in [0.05, 0.1) is 18.8 Å². The summed E-state index contributed by atoms with van der Waals surface area (Å²) in [6.45, 7) is 0.975. The molecule has 2 saturated heterocycles. The lowest BCUT2D eigenvalue weighted by molar-refractivity contribution is -0.152. The Morgan fingerprint density at radius 1 is 1.00 bits per heavy atom. The Hall–Kier alpha value is -3.77. The summed E-state index contributed by atoms with van der Waals surface area (Å²) in [7, 11) is 0. The minimum atomic E-state index is -2.87. The SMILES string of the molecule is O=C(N[C@@H]1CCOc2ccccc21)[C@@H]1CN2C[C@H](O)C[C@@H]2CN1C(=O)[C@H](C1CCC(F)(F)CC1)N(Cc1ccccc1)C(=O)O. The highest BCUT2D eigenvalue weighted by atomic mass is 19.3. The van der Waals surface area contributed by atoms with Crippen molar-refractivity contribution in [2.75, 3.05) is 26.2 Å². The fraction of sp³-hybridized carbons (Fsp3) is 0.545. The van der Waals surface area contributed by atoms with E-state index in [1.165, 1.54) is 4.90 Å². The summed E-state index contributed by atoms with van der Waals surface area (Å²) >= 11 is 0. The van der Waals surface area contributed by atoms with Crippen molar-refractivity contribution in [3.8, 4) is 5.75 Å². The zero-order valence-electron chi connectivity index (χ0n) is 25.1. The maximum absolute atomic E-state index is 14.7. The van der Waals surface area contributed by atoms with E-state index in [0.29, 0.717) is 37.3 Å². The largest absolute Gasteiger partial charge is 0.493 e. The summed E-state index contributed by atoms with van der Waals surface area (Å²) in [5.74, 6) is -3.78. The number of aliphatic hydroxyl groups excluding tert-OH is 1. The van der Waals surface area contributed by atoms with Crippen LogP contribution in [0.1, 0.15) is 55.7 Å². The molecule has 6 rings (SSSR count). The van der Waals surface area contributed by atoms with E-state index in [1.54, 1.807) is 30.3 Å². The number of ether oxygens (including phenoxy) is 1. The number of carboxylic acid groups (broad SMARTS) is 1. The number of fused-ring (bicyclic) bond motifs is 2. The van der Waals surface area contributed by atoms with Crippen LogP contribution in [-0.4, -0.2) is 99.2 Å². The molecule has 1 aliphatic carbocycles. The number of halogens is 2. The van der Waals surface area contributed by atoms with E-state index in [4.69, 9.17) is 4.74 Å². The highest BCUT2D eigenvalue weighted by molar-refractivity contribution is 5.92. The second-order valence-corrected chi connectivity index (χ2v) is 12.8. The van der Waals surface area contributed by atoms with Crippen LogP contribution in [0, 0.1) is 5.92 Å². The summed E-state index contributed by atoms with van der Waals surface area (Å²) in [5.41, 5.74) is 1.50. The van der Waals surface area contributed by atoms with Gasteiger partial charge >= 0.3 is 6.09 Å². The van der Waals surface area contributed by atoms with E-state index in [-0.39, 0.29) is 50.5 Å². The zero-order chi connectivity index (χ0) is 31.7. The molecule has 3 amide bonds. The Balaban J connectivity index is 1.32. The van der Waals surface area contributed by atoms with E-state index < -0.39 is 54.9 Å². The molecule has 2 aromatic carbocycles. The number of rotatable bonds is 7. The molecule has 0 radical (unpaired) electrons. The van der Waals surface area contributed by atoms with E-state index in [9.17, 15) is 33.4 Å². The lowest BCUT2D eigenvalue weighted by atomic mass is 9.80. The second kappa shape index (κ2) is 12.9. The quantitative estimate of drug-likeness (QED) is 0.429. The number of piperazine rings is 1. The van der Waals surface area contributed by atoms with Crippen molar-refractivity contribution in [3.63, 3.8) is 0 Å². The van der Waals surface area contributed by atoms with Crippen LogP contribution in [0.2, 0.25) is 0 Å². The van der Waals surface area contributed by atoms with Gasteiger partial charge in [0.2, 0.25) is 17.7 Å². The number of nitrogens with one attached hydrogen (secondary N) is 1. The molecule has 10 nitrogen and oxygen atoms in total. The van der Waals surface area contributed by atoms with Gasteiger partial charge < -0.3 is 25.2 Å². The molecule has 4 aliphatic rings. The van der Waals surface area contributed by atoms with Crippen molar-refractivity contribution in [1.29, 1.82) is 0 Å². The minimum absolute atomic E-state index is 0.0141. The van der Waals surface area contributed by atoms with Gasteiger partial charge in [0.15, 0.2) is 0 Å². The molecule has 0 bridgehead atoms. The van der Waals surface area contributed by atoms with Crippen molar-refractivity contribution in [1.82, 2.24) is 20.0 Å². The standard InChI is InChI=1S/C33H40F2N4O6/c34-33(35)13-10-22(11-14-33)29(39(32(43)44)17-21-6-2-1-3-7-21)31(42)38-18-23-16-24(40)19-37(23)20-27(38)30(41)36-26-12-15-45-28-9-5-4-8-25(26)28/h1-9,22-24,26-27,29,40H,10-20H2,(H,36,41)(H,43,44)/t23-,24-,26-,27+,29+/m1/s1. The molecule has 45 heavy (non-hydrogen) atoms. The van der Waals surface area contributed by atoms with Gasteiger partial charge in [-0.3, -0.25) is 19.4 Å². The summed E-state index contributed by atoms with van der Waals surface area (Å²) < 4.78 is 34.3. The molecule has 3 aliphatic heterocycles. The van der Waals surface area contributed by atoms with Crippen LogP contribution in [0.4, 0.5) is 13.6 Å². The van der Waals surface area contributed by atoms with Gasteiger partial charge in [0, 0.05) is 57.0 Å². The van der Waals surface area contributed by atoms with Crippen molar-refractivity contribution in [2.45, 2.75) is 81.3 Å². The fourth-order valence-corrected chi connectivity index (χ4v) is 7.48. The maximum atomic E-state index is 14.7. The van der Waals surface area contributed by atoms with Gasteiger partial charge in [0.1, 0.15) is 17.8 Å². The Labute approximate surface area is 260 Å². The molecule has 3 heterocycles. The summed E-state index contributed by atoms with van der Waals surface area (Å²) in [4.78, 5) is 46.1. The molecular formula is C33H40F2N4O6. The monoisotopic (exact) mass is 626 g/mol. The van der Waals surface area contributed by atoms with Crippen LogP contribution < -0.4 is 10.1 Å². The molecule has 3 N–H and O–H groups in total. The number of amides is 3. The minimum Gasteiger partial charge on any atom is -0.493 e. The highest BCUT2D eigenvalue weighted by Gasteiger charge is 2.50. The van der Waals surface area contributed by atoms with Crippen molar-refractivity contribution in [3.05, 3.63) is 65.7 Å². The number of alkyl halides is 2. The number of hydrogen-bond acceptors (Lipinski definition) is 6. The number of nitrogens with zero attached hydrogens (tertiary/aromatic N) is 3. The Morgan fingerprint density at radius 3 is 2.44 bits per heavy atom. The number of para-hydroxylation sites is 1. The molecule has 242 valence electrons. The summed E-state index contributed by atoms with van der Waals surface area (Å²) in [6, 6.07) is 13.5. The van der Waals surface area contributed by atoms with Gasteiger partial charge in [0.25, 0.3) is 0 Å².